The standard InChI is InChI=1S/C14H22N4O2/c1-11(10-18-6-8-20-9-7-18)17-14(19)12-4-3-5-16-13(12)15-2/h3-5,11H,6-10H2,1-2H3,(H,15,16)(H,17,19). The van der Waals surface area contributed by atoms with Crippen LogP contribution >= 0.6 is 0 Å². The van der Waals surface area contributed by atoms with Gasteiger partial charge in [-0.05, 0) is 19.1 Å². The van der Waals surface area contributed by atoms with E-state index in [1.54, 1.807) is 25.4 Å². The van der Waals surface area contributed by atoms with Crippen molar-refractivity contribution in [1.82, 2.24) is 15.2 Å². The van der Waals surface area contributed by atoms with Crippen molar-refractivity contribution in [3.8, 4) is 0 Å². The van der Waals surface area contributed by atoms with Crippen LogP contribution in [0.25, 0.3) is 0 Å². The Bertz CT molecular complexity index is 447. The summed E-state index contributed by atoms with van der Waals surface area (Å²) in [6.07, 6.45) is 1.67. The van der Waals surface area contributed by atoms with Gasteiger partial charge in [0.1, 0.15) is 5.82 Å². The maximum atomic E-state index is 12.2. The van der Waals surface area contributed by atoms with E-state index in [0.717, 1.165) is 32.8 Å². The molecule has 1 atom stereocenters. The highest BCUT2D eigenvalue weighted by Crippen LogP contribution is 2.10. The molecule has 2 heterocycles. The van der Waals surface area contributed by atoms with Crippen molar-refractivity contribution in [3.05, 3.63) is 23.9 Å². The molecule has 1 fully saturated rings. The molecule has 0 radical (unpaired) electrons. The first-order valence-electron chi connectivity index (χ1n) is 6.94. The van der Waals surface area contributed by atoms with Crippen molar-refractivity contribution in [3.63, 3.8) is 0 Å². The van der Waals surface area contributed by atoms with Crippen LogP contribution < -0.4 is 10.6 Å². The van der Waals surface area contributed by atoms with Crippen LogP contribution in [0.15, 0.2) is 18.3 Å². The topological polar surface area (TPSA) is 66.5 Å². The molecule has 110 valence electrons. The summed E-state index contributed by atoms with van der Waals surface area (Å²) in [5, 5.41) is 5.95. The van der Waals surface area contributed by atoms with Crippen molar-refractivity contribution >= 4 is 11.7 Å². The van der Waals surface area contributed by atoms with Crippen molar-refractivity contribution in [1.29, 1.82) is 0 Å². The van der Waals surface area contributed by atoms with E-state index in [9.17, 15) is 4.79 Å². The molecule has 1 aromatic rings. The average molecular weight is 278 g/mol. The number of anilines is 1. The number of aromatic nitrogens is 1. The number of amides is 1. The lowest BCUT2D eigenvalue weighted by molar-refractivity contribution is 0.0342. The molecule has 1 aliphatic rings. The van der Waals surface area contributed by atoms with Crippen LogP contribution in [-0.2, 0) is 4.74 Å². The molecule has 0 spiro atoms. The lowest BCUT2D eigenvalue weighted by atomic mass is 10.2. The highest BCUT2D eigenvalue weighted by Gasteiger charge is 2.17. The average Bonchev–Trinajstić information content (AvgIpc) is 2.48. The summed E-state index contributed by atoms with van der Waals surface area (Å²) in [4.78, 5) is 18.7. The second-order valence-corrected chi connectivity index (χ2v) is 4.94. The van der Waals surface area contributed by atoms with E-state index in [1.165, 1.54) is 0 Å². The van der Waals surface area contributed by atoms with E-state index in [-0.39, 0.29) is 11.9 Å². The first kappa shape index (κ1) is 14.7. The molecule has 1 aliphatic heterocycles. The molecular formula is C14H22N4O2. The number of carbonyl (C=O) groups excluding carboxylic acids is 1. The largest absolute Gasteiger partial charge is 0.379 e. The predicted molar refractivity (Wildman–Crippen MR) is 78.0 cm³/mol. The zero-order valence-corrected chi connectivity index (χ0v) is 12.1. The van der Waals surface area contributed by atoms with Gasteiger partial charge in [0.2, 0.25) is 0 Å². The van der Waals surface area contributed by atoms with Crippen LogP contribution in [0, 0.1) is 0 Å². The summed E-state index contributed by atoms with van der Waals surface area (Å²) >= 11 is 0. The molecule has 0 saturated carbocycles. The summed E-state index contributed by atoms with van der Waals surface area (Å²) in [6, 6.07) is 3.63. The van der Waals surface area contributed by atoms with Crippen LogP contribution in [0.4, 0.5) is 5.82 Å². The van der Waals surface area contributed by atoms with Gasteiger partial charge in [-0.2, -0.15) is 0 Å². The van der Waals surface area contributed by atoms with Gasteiger partial charge in [0.05, 0.1) is 18.8 Å². The molecule has 0 aliphatic carbocycles. The lowest BCUT2D eigenvalue weighted by Crippen LogP contribution is -2.46. The third-order valence-electron chi connectivity index (χ3n) is 3.30. The van der Waals surface area contributed by atoms with E-state index in [2.05, 4.69) is 20.5 Å². The van der Waals surface area contributed by atoms with Crippen LogP contribution in [0.1, 0.15) is 17.3 Å². The molecular weight excluding hydrogens is 256 g/mol. The third kappa shape index (κ3) is 3.91. The van der Waals surface area contributed by atoms with Crippen LogP contribution in [0.5, 0.6) is 0 Å². The first-order chi connectivity index (χ1) is 9.70. The van der Waals surface area contributed by atoms with Crippen LogP contribution in [0.2, 0.25) is 0 Å². The number of carbonyl (C=O) groups is 1. The minimum Gasteiger partial charge on any atom is -0.379 e. The van der Waals surface area contributed by atoms with Gasteiger partial charge in [-0.3, -0.25) is 9.69 Å². The molecule has 0 aromatic carbocycles. The van der Waals surface area contributed by atoms with E-state index in [1.807, 2.05) is 6.92 Å². The zero-order valence-electron chi connectivity index (χ0n) is 12.1. The second kappa shape index (κ2) is 7.21. The fourth-order valence-electron chi connectivity index (χ4n) is 2.31. The van der Waals surface area contributed by atoms with Gasteiger partial charge in [-0.1, -0.05) is 0 Å². The summed E-state index contributed by atoms with van der Waals surface area (Å²) in [5.41, 5.74) is 0.573. The quantitative estimate of drug-likeness (QED) is 0.824. The monoisotopic (exact) mass is 278 g/mol. The molecule has 1 saturated heterocycles. The molecule has 1 unspecified atom stereocenters. The third-order valence-corrected chi connectivity index (χ3v) is 3.30. The number of nitrogens with zero attached hydrogens (tertiary/aromatic N) is 2. The Morgan fingerprint density at radius 2 is 2.25 bits per heavy atom. The smallest absolute Gasteiger partial charge is 0.255 e. The maximum absolute atomic E-state index is 12.2. The van der Waals surface area contributed by atoms with Crippen LogP contribution in [0.3, 0.4) is 0 Å². The Morgan fingerprint density at radius 1 is 1.50 bits per heavy atom. The van der Waals surface area contributed by atoms with Crippen molar-refractivity contribution in [2.24, 2.45) is 0 Å². The fraction of sp³-hybridized carbons (Fsp3) is 0.571. The van der Waals surface area contributed by atoms with Crippen molar-refractivity contribution in [2.75, 3.05) is 45.2 Å². The molecule has 2 N–H and O–H groups in total. The van der Waals surface area contributed by atoms with Gasteiger partial charge < -0.3 is 15.4 Å². The van der Waals surface area contributed by atoms with Gasteiger partial charge in [0.15, 0.2) is 0 Å². The summed E-state index contributed by atoms with van der Waals surface area (Å²) in [7, 11) is 1.76. The SMILES string of the molecule is CNc1ncccc1C(=O)NC(C)CN1CCOCC1. The molecule has 1 aromatic heterocycles. The Hall–Kier alpha value is -1.66. The van der Waals surface area contributed by atoms with Gasteiger partial charge in [0.25, 0.3) is 5.91 Å². The highest BCUT2D eigenvalue weighted by atomic mass is 16.5. The molecule has 20 heavy (non-hydrogen) atoms. The number of morpholine rings is 1. The Kier molecular flexibility index (Phi) is 5.31. The van der Waals surface area contributed by atoms with E-state index < -0.39 is 0 Å². The summed E-state index contributed by atoms with van der Waals surface area (Å²) in [5.74, 6) is 0.506. The molecule has 0 bridgehead atoms. The number of hydrogen-bond donors (Lipinski definition) is 2. The Morgan fingerprint density at radius 3 is 2.95 bits per heavy atom. The van der Waals surface area contributed by atoms with Gasteiger partial charge in [0, 0.05) is 38.9 Å². The molecule has 6 nitrogen and oxygen atoms in total. The Labute approximate surface area is 119 Å². The normalized spacial score (nSPS) is 17.5. The molecule has 1 amide bonds. The van der Waals surface area contributed by atoms with Crippen molar-refractivity contribution in [2.45, 2.75) is 13.0 Å². The minimum absolute atomic E-state index is 0.0884. The number of pyridine rings is 1. The molecule has 2 rings (SSSR count). The number of ether oxygens (including phenoxy) is 1. The fourth-order valence-corrected chi connectivity index (χ4v) is 2.31. The van der Waals surface area contributed by atoms with E-state index in [0.29, 0.717) is 11.4 Å². The van der Waals surface area contributed by atoms with Gasteiger partial charge in [-0.15, -0.1) is 0 Å². The van der Waals surface area contributed by atoms with Gasteiger partial charge in [-0.25, -0.2) is 4.98 Å². The second-order valence-electron chi connectivity index (χ2n) is 4.94. The Balaban J connectivity index is 1.89. The summed E-state index contributed by atoms with van der Waals surface area (Å²) in [6.45, 7) is 6.25. The highest BCUT2D eigenvalue weighted by molar-refractivity contribution is 5.98. The number of hydrogen-bond acceptors (Lipinski definition) is 5. The summed E-state index contributed by atoms with van der Waals surface area (Å²) < 4.78 is 5.32. The number of rotatable bonds is 5. The minimum atomic E-state index is -0.0943. The van der Waals surface area contributed by atoms with Crippen LogP contribution in [-0.4, -0.2) is 61.7 Å². The first-order valence-corrected chi connectivity index (χ1v) is 6.94. The van der Waals surface area contributed by atoms with E-state index in [4.69, 9.17) is 4.74 Å². The van der Waals surface area contributed by atoms with E-state index >= 15 is 0 Å². The maximum Gasteiger partial charge on any atom is 0.255 e. The molecule has 6 heteroatoms. The number of nitrogens with one attached hydrogen (secondary N) is 2. The lowest BCUT2D eigenvalue weighted by Gasteiger charge is -2.29. The zero-order chi connectivity index (χ0) is 14.4. The van der Waals surface area contributed by atoms with Crippen molar-refractivity contribution < 1.29 is 9.53 Å². The predicted octanol–water partition coefficient (Wildman–Crippen LogP) is 0.574. The van der Waals surface area contributed by atoms with Gasteiger partial charge >= 0.3 is 0 Å².